The number of alkyl halides is 3. The summed E-state index contributed by atoms with van der Waals surface area (Å²) in [5.41, 5.74) is 0.640. The lowest BCUT2D eigenvalue weighted by atomic mass is 10.1. The van der Waals surface area contributed by atoms with Gasteiger partial charge in [-0.05, 0) is 56.4 Å². The molecule has 3 aromatic rings. The monoisotopic (exact) mass is 533 g/mol. The van der Waals surface area contributed by atoms with Crippen LogP contribution in [0.1, 0.15) is 69.0 Å². The highest BCUT2D eigenvalue weighted by molar-refractivity contribution is 7.16. The van der Waals surface area contributed by atoms with Gasteiger partial charge < -0.3 is 15.0 Å². The van der Waals surface area contributed by atoms with Gasteiger partial charge in [-0.25, -0.2) is 9.97 Å². The van der Waals surface area contributed by atoms with Crippen molar-refractivity contribution in [3.8, 4) is 17.0 Å². The summed E-state index contributed by atoms with van der Waals surface area (Å²) in [6.45, 7) is 3.21. The SMILES string of the molecule is Cc1nc(C(C)NC(=O)c2cc(OC(F)(F)F)cc(C3CC3)c2)n(-c2ncc(C(=O)N(C)CC#N)s2)n1. The summed E-state index contributed by atoms with van der Waals surface area (Å²) >= 11 is 1.04. The van der Waals surface area contributed by atoms with E-state index in [0.717, 1.165) is 30.2 Å². The first-order valence-electron chi connectivity index (χ1n) is 11.2. The number of aryl methyl sites for hydroxylation is 1. The molecular formula is C23H22F3N7O3S. The fourth-order valence-corrected chi connectivity index (χ4v) is 4.49. The molecule has 1 atom stereocenters. The number of ether oxygens (including phenoxy) is 1. The van der Waals surface area contributed by atoms with Crippen molar-refractivity contribution in [2.75, 3.05) is 13.6 Å². The molecule has 1 saturated carbocycles. The summed E-state index contributed by atoms with van der Waals surface area (Å²) in [6, 6.07) is 5.11. The zero-order chi connectivity index (χ0) is 26.9. The van der Waals surface area contributed by atoms with Crippen LogP contribution in [-0.2, 0) is 0 Å². The number of rotatable bonds is 8. The van der Waals surface area contributed by atoms with E-state index in [1.54, 1.807) is 19.9 Å². The van der Waals surface area contributed by atoms with E-state index in [4.69, 9.17) is 5.26 Å². The number of hydrogen-bond acceptors (Lipinski definition) is 8. The number of thiazole rings is 1. The van der Waals surface area contributed by atoms with Gasteiger partial charge in [-0.3, -0.25) is 9.59 Å². The Labute approximate surface area is 213 Å². The van der Waals surface area contributed by atoms with Crippen molar-refractivity contribution in [2.24, 2.45) is 0 Å². The van der Waals surface area contributed by atoms with Gasteiger partial charge in [0.25, 0.3) is 11.8 Å². The van der Waals surface area contributed by atoms with E-state index in [0.29, 0.717) is 22.3 Å². The van der Waals surface area contributed by atoms with E-state index in [1.807, 2.05) is 6.07 Å². The highest BCUT2D eigenvalue weighted by Crippen LogP contribution is 2.42. The van der Waals surface area contributed by atoms with Crippen molar-refractivity contribution >= 4 is 23.2 Å². The molecule has 194 valence electrons. The number of nitriles is 1. The van der Waals surface area contributed by atoms with E-state index in [1.165, 1.54) is 28.9 Å². The van der Waals surface area contributed by atoms with E-state index < -0.39 is 24.1 Å². The molecule has 1 fully saturated rings. The summed E-state index contributed by atoms with van der Waals surface area (Å²) in [5.74, 6) is -0.637. The molecule has 0 bridgehead atoms. The minimum Gasteiger partial charge on any atom is -0.406 e. The van der Waals surface area contributed by atoms with Crippen LogP contribution < -0.4 is 10.1 Å². The van der Waals surface area contributed by atoms with E-state index in [-0.39, 0.29) is 28.8 Å². The molecule has 0 spiro atoms. The third kappa shape index (κ3) is 6.23. The third-order valence-corrected chi connectivity index (χ3v) is 6.45. The van der Waals surface area contributed by atoms with Gasteiger partial charge >= 0.3 is 6.36 Å². The summed E-state index contributed by atoms with van der Waals surface area (Å²) < 4.78 is 43.9. The molecule has 0 saturated heterocycles. The third-order valence-electron chi connectivity index (χ3n) is 5.49. The maximum Gasteiger partial charge on any atom is 0.573 e. The van der Waals surface area contributed by atoms with Crippen LogP contribution in [0.5, 0.6) is 5.75 Å². The van der Waals surface area contributed by atoms with Gasteiger partial charge in [0.05, 0.1) is 18.3 Å². The second-order valence-electron chi connectivity index (χ2n) is 8.56. The molecule has 1 aliphatic carbocycles. The minimum absolute atomic E-state index is 0.0287. The number of hydrogen-bond donors (Lipinski definition) is 1. The van der Waals surface area contributed by atoms with Crippen molar-refractivity contribution in [1.82, 2.24) is 30.0 Å². The van der Waals surface area contributed by atoms with Crippen molar-refractivity contribution in [3.63, 3.8) is 0 Å². The maximum atomic E-state index is 13.0. The summed E-state index contributed by atoms with van der Waals surface area (Å²) in [7, 11) is 1.50. The highest BCUT2D eigenvalue weighted by atomic mass is 32.1. The molecule has 1 N–H and O–H groups in total. The molecule has 1 aliphatic rings. The fourth-order valence-electron chi connectivity index (χ4n) is 3.62. The molecule has 0 radical (unpaired) electrons. The Morgan fingerprint density at radius 3 is 2.73 bits per heavy atom. The first-order chi connectivity index (χ1) is 17.4. The number of carbonyl (C=O) groups is 2. The summed E-state index contributed by atoms with van der Waals surface area (Å²) in [4.78, 5) is 35.6. The Kier molecular flexibility index (Phi) is 7.17. The quantitative estimate of drug-likeness (QED) is 0.435. The second-order valence-corrected chi connectivity index (χ2v) is 9.57. The number of carbonyl (C=O) groups excluding carboxylic acids is 2. The molecule has 1 aromatic carbocycles. The number of amides is 2. The Morgan fingerprint density at radius 2 is 2.08 bits per heavy atom. The fraction of sp³-hybridized carbons (Fsp3) is 0.391. The second kappa shape index (κ2) is 10.2. The highest BCUT2D eigenvalue weighted by Gasteiger charge is 2.33. The smallest absolute Gasteiger partial charge is 0.406 e. The minimum atomic E-state index is -4.88. The molecule has 4 rings (SSSR count). The van der Waals surface area contributed by atoms with Crippen LogP contribution in [0.3, 0.4) is 0 Å². The first kappa shape index (κ1) is 26.1. The van der Waals surface area contributed by atoms with Crippen molar-refractivity contribution in [2.45, 2.75) is 45.0 Å². The Hall–Kier alpha value is -3.99. The lowest BCUT2D eigenvalue weighted by Gasteiger charge is -2.16. The standard InChI is InChI=1S/C23H22F3N7O3S/c1-12(29-20(34)16-8-15(14-4-5-14)9-17(10-16)36-23(24,25)26)19-30-13(2)31-33(19)22-28-11-18(37-22)21(35)32(3)7-6-27/h8-12,14H,4-5,7H2,1-3H3,(H,29,34). The van der Waals surface area contributed by atoms with Gasteiger partial charge in [0.15, 0.2) is 5.82 Å². The average Bonchev–Trinajstić information content (AvgIpc) is 3.43. The maximum absolute atomic E-state index is 13.0. The summed E-state index contributed by atoms with van der Waals surface area (Å²) in [5, 5.41) is 16.2. The van der Waals surface area contributed by atoms with Crippen LogP contribution in [0, 0.1) is 18.3 Å². The number of aromatic nitrogens is 4. The summed E-state index contributed by atoms with van der Waals surface area (Å²) in [6.07, 6.45) is -1.85. The molecule has 1 unspecified atom stereocenters. The lowest BCUT2D eigenvalue weighted by Crippen LogP contribution is -2.29. The molecular weight excluding hydrogens is 511 g/mol. The van der Waals surface area contributed by atoms with Gasteiger partial charge in [-0.15, -0.1) is 18.3 Å². The zero-order valence-corrected chi connectivity index (χ0v) is 20.9. The first-order valence-corrected chi connectivity index (χ1v) is 12.0. The van der Waals surface area contributed by atoms with Crippen molar-refractivity contribution < 1.29 is 27.5 Å². The van der Waals surface area contributed by atoms with Gasteiger partial charge in [0, 0.05) is 12.6 Å². The normalized spacial score (nSPS) is 14.1. The number of benzene rings is 1. The topological polar surface area (TPSA) is 126 Å². The van der Waals surface area contributed by atoms with Crippen LogP contribution in [-0.4, -0.2) is 56.4 Å². The Balaban J connectivity index is 1.56. The van der Waals surface area contributed by atoms with Crippen LogP contribution in [0.4, 0.5) is 13.2 Å². The molecule has 2 amide bonds. The van der Waals surface area contributed by atoms with E-state index in [2.05, 4.69) is 25.1 Å². The van der Waals surface area contributed by atoms with E-state index in [9.17, 15) is 22.8 Å². The predicted octanol–water partition coefficient (Wildman–Crippen LogP) is 3.89. The van der Waals surface area contributed by atoms with Gasteiger partial charge in [-0.2, -0.15) is 9.94 Å². The molecule has 2 heterocycles. The Morgan fingerprint density at radius 1 is 1.35 bits per heavy atom. The molecule has 2 aromatic heterocycles. The molecule has 14 heteroatoms. The number of nitrogens with one attached hydrogen (secondary N) is 1. The van der Waals surface area contributed by atoms with Gasteiger partial charge in [0.2, 0.25) is 5.13 Å². The van der Waals surface area contributed by atoms with Crippen LogP contribution in [0.15, 0.2) is 24.4 Å². The largest absolute Gasteiger partial charge is 0.573 e. The van der Waals surface area contributed by atoms with Crippen molar-refractivity contribution in [3.05, 3.63) is 52.0 Å². The van der Waals surface area contributed by atoms with Gasteiger partial charge in [-0.1, -0.05) is 11.3 Å². The number of halogens is 3. The van der Waals surface area contributed by atoms with Crippen LogP contribution in [0.2, 0.25) is 0 Å². The molecule has 0 aliphatic heterocycles. The molecule has 37 heavy (non-hydrogen) atoms. The van der Waals surface area contributed by atoms with Gasteiger partial charge in [0.1, 0.15) is 23.0 Å². The van der Waals surface area contributed by atoms with Crippen molar-refractivity contribution in [1.29, 1.82) is 5.26 Å². The van der Waals surface area contributed by atoms with Crippen LogP contribution in [0.25, 0.3) is 5.13 Å². The Bertz CT molecular complexity index is 1370. The molecule has 10 nitrogen and oxygen atoms in total. The van der Waals surface area contributed by atoms with E-state index >= 15 is 0 Å². The predicted molar refractivity (Wildman–Crippen MR) is 125 cm³/mol. The number of nitrogens with zero attached hydrogens (tertiary/aromatic N) is 6. The average molecular weight is 534 g/mol. The van der Waals surface area contributed by atoms with Crippen LogP contribution >= 0.6 is 11.3 Å². The zero-order valence-electron chi connectivity index (χ0n) is 20.0. The lowest BCUT2D eigenvalue weighted by molar-refractivity contribution is -0.274.